The maximum Gasteiger partial charge on any atom is 0.0433 e. The van der Waals surface area contributed by atoms with Gasteiger partial charge in [0.05, 0.1) is 0 Å². The molecule has 0 N–H and O–H groups in total. The molecule has 0 aliphatic carbocycles. The third-order valence-electron chi connectivity index (χ3n) is 3.04. The van der Waals surface area contributed by atoms with Crippen molar-refractivity contribution in [2.24, 2.45) is 5.92 Å². The molecule has 0 saturated carbocycles. The lowest BCUT2D eigenvalue weighted by Gasteiger charge is -1.99. The van der Waals surface area contributed by atoms with E-state index in [9.17, 15) is 0 Å². The number of unbranched alkanes of at least 4 members (excludes halogenated alkanes) is 1. The van der Waals surface area contributed by atoms with Crippen molar-refractivity contribution in [2.75, 3.05) is 13.7 Å². The topological polar surface area (TPSA) is 9.23 Å². The van der Waals surface area contributed by atoms with E-state index in [1.807, 2.05) is 6.92 Å². The minimum atomic E-state index is 0. The highest BCUT2D eigenvalue weighted by molar-refractivity contribution is 5.21. The molecule has 0 radical (unpaired) electrons. The van der Waals surface area contributed by atoms with Crippen molar-refractivity contribution < 1.29 is 4.74 Å². The molecule has 0 bridgehead atoms. The van der Waals surface area contributed by atoms with E-state index in [2.05, 4.69) is 63.6 Å². The molecule has 1 rings (SSSR count). The molecule has 0 aliphatic rings. The summed E-state index contributed by atoms with van der Waals surface area (Å²) in [6.07, 6.45) is 5.13. The lowest BCUT2D eigenvalue weighted by Crippen LogP contribution is -1.83. The SMILES string of the molecule is C.C.C.C.C.CCC(C)C.CCCCc1ccc(C)cc1.CCOC. The van der Waals surface area contributed by atoms with Crippen molar-refractivity contribution in [2.45, 2.75) is 104 Å². The molecule has 25 heavy (non-hydrogen) atoms. The second-order valence-corrected chi connectivity index (χ2v) is 5.47. The highest BCUT2D eigenvalue weighted by atomic mass is 16.5. The van der Waals surface area contributed by atoms with Gasteiger partial charge in [0, 0.05) is 13.7 Å². The summed E-state index contributed by atoms with van der Waals surface area (Å²) in [7, 11) is 1.68. The molecular weight excluding hydrogens is 304 g/mol. The van der Waals surface area contributed by atoms with Crippen LogP contribution in [0, 0.1) is 12.8 Å². The van der Waals surface area contributed by atoms with E-state index < -0.39 is 0 Å². The van der Waals surface area contributed by atoms with Gasteiger partial charge < -0.3 is 4.74 Å². The lowest BCUT2D eigenvalue weighted by molar-refractivity contribution is 0.215. The van der Waals surface area contributed by atoms with E-state index in [0.29, 0.717) is 0 Å². The number of ether oxygens (including phenoxy) is 1. The first kappa shape index (κ1) is 44.0. The first-order valence-corrected chi connectivity index (χ1v) is 8.06. The zero-order chi connectivity index (χ0) is 15.8. The van der Waals surface area contributed by atoms with E-state index >= 15 is 0 Å². The number of methoxy groups -OCH3 is 1. The second-order valence-electron chi connectivity index (χ2n) is 5.47. The molecule has 0 aliphatic heterocycles. The van der Waals surface area contributed by atoms with Crippen LogP contribution in [0.15, 0.2) is 24.3 Å². The summed E-state index contributed by atoms with van der Waals surface area (Å²) < 4.78 is 4.54. The Morgan fingerprint density at radius 1 is 0.840 bits per heavy atom. The zero-order valence-electron chi connectivity index (χ0n) is 14.8. The molecule has 1 aromatic carbocycles. The summed E-state index contributed by atoms with van der Waals surface area (Å²) in [6.45, 7) is 13.8. The Kier molecular flexibility index (Phi) is 60.7. The van der Waals surface area contributed by atoms with Gasteiger partial charge in [0.2, 0.25) is 0 Å². The van der Waals surface area contributed by atoms with Crippen LogP contribution in [0.4, 0.5) is 0 Å². The molecule has 0 fully saturated rings. The third-order valence-corrected chi connectivity index (χ3v) is 3.04. The first-order valence-electron chi connectivity index (χ1n) is 8.06. The highest BCUT2D eigenvalue weighted by Crippen LogP contribution is 2.06. The van der Waals surface area contributed by atoms with Gasteiger partial charge in [0.1, 0.15) is 0 Å². The van der Waals surface area contributed by atoms with Gasteiger partial charge >= 0.3 is 0 Å². The second kappa shape index (κ2) is 34.5. The Labute approximate surface area is 164 Å². The largest absolute Gasteiger partial charge is 0.385 e. The molecule has 0 aromatic heterocycles. The summed E-state index contributed by atoms with van der Waals surface area (Å²) in [5.74, 6) is 0.884. The summed E-state index contributed by atoms with van der Waals surface area (Å²) in [4.78, 5) is 0. The van der Waals surface area contributed by atoms with Crippen molar-refractivity contribution in [1.82, 2.24) is 0 Å². The van der Waals surface area contributed by atoms with E-state index in [1.165, 1.54) is 36.8 Å². The Morgan fingerprint density at radius 3 is 1.44 bits per heavy atom. The van der Waals surface area contributed by atoms with Crippen molar-refractivity contribution in [3.8, 4) is 0 Å². The van der Waals surface area contributed by atoms with Crippen LogP contribution in [0.25, 0.3) is 0 Å². The number of benzene rings is 1. The molecule has 0 unspecified atom stereocenters. The molecular formula is C24H56O. The van der Waals surface area contributed by atoms with Crippen LogP contribution in [0.3, 0.4) is 0 Å². The molecule has 1 heteroatoms. The zero-order valence-corrected chi connectivity index (χ0v) is 14.8. The Balaban J connectivity index is -0.0000000406. The molecule has 0 atom stereocenters. The number of hydrogen-bond donors (Lipinski definition) is 0. The maximum absolute atomic E-state index is 4.54. The molecule has 0 saturated heterocycles. The van der Waals surface area contributed by atoms with Crippen LogP contribution >= 0.6 is 0 Å². The first-order chi connectivity index (χ1) is 9.51. The molecule has 0 amide bonds. The van der Waals surface area contributed by atoms with E-state index in [-0.39, 0.29) is 37.1 Å². The molecule has 1 nitrogen and oxygen atoms in total. The van der Waals surface area contributed by atoms with Crippen LogP contribution in [-0.2, 0) is 11.2 Å². The Bertz CT molecular complexity index is 273. The predicted molar refractivity (Wildman–Crippen MR) is 126 cm³/mol. The summed E-state index contributed by atoms with van der Waals surface area (Å²) in [5, 5.41) is 0. The fraction of sp³-hybridized carbons (Fsp3) is 0.750. The van der Waals surface area contributed by atoms with Crippen molar-refractivity contribution in [3.63, 3.8) is 0 Å². The van der Waals surface area contributed by atoms with Gasteiger partial charge in [-0.15, -0.1) is 0 Å². The summed E-state index contributed by atoms with van der Waals surface area (Å²) in [6, 6.07) is 8.83. The number of hydrogen-bond acceptors (Lipinski definition) is 1. The molecule has 0 heterocycles. The summed E-state index contributed by atoms with van der Waals surface area (Å²) >= 11 is 0. The highest BCUT2D eigenvalue weighted by Gasteiger charge is 1.90. The fourth-order valence-electron chi connectivity index (χ4n) is 1.14. The van der Waals surface area contributed by atoms with Gasteiger partial charge in [0.15, 0.2) is 0 Å². The maximum atomic E-state index is 4.54. The van der Waals surface area contributed by atoms with Gasteiger partial charge in [-0.2, -0.15) is 0 Å². The van der Waals surface area contributed by atoms with Crippen molar-refractivity contribution in [1.29, 1.82) is 0 Å². The molecule has 0 spiro atoms. The summed E-state index contributed by atoms with van der Waals surface area (Å²) in [5.41, 5.74) is 2.82. The van der Waals surface area contributed by atoms with Crippen LogP contribution in [-0.4, -0.2) is 13.7 Å². The van der Waals surface area contributed by atoms with E-state index in [1.54, 1.807) is 7.11 Å². The van der Waals surface area contributed by atoms with Crippen molar-refractivity contribution in [3.05, 3.63) is 35.4 Å². The van der Waals surface area contributed by atoms with Gasteiger partial charge in [-0.05, 0) is 38.2 Å². The number of rotatable bonds is 5. The minimum Gasteiger partial charge on any atom is -0.385 e. The fourth-order valence-corrected chi connectivity index (χ4v) is 1.14. The lowest BCUT2D eigenvalue weighted by atomic mass is 10.1. The van der Waals surface area contributed by atoms with Gasteiger partial charge in [-0.3, -0.25) is 0 Å². The Hall–Kier alpha value is -0.820. The van der Waals surface area contributed by atoms with Crippen LogP contribution in [0.5, 0.6) is 0 Å². The normalized spacial score (nSPS) is 7.52. The predicted octanol–water partition coefficient (Wildman–Crippen LogP) is 9.22. The Morgan fingerprint density at radius 2 is 1.20 bits per heavy atom. The smallest absolute Gasteiger partial charge is 0.0433 e. The van der Waals surface area contributed by atoms with Gasteiger partial charge in [-0.1, -0.05) is 107 Å². The van der Waals surface area contributed by atoms with E-state index in [4.69, 9.17) is 0 Å². The number of aryl methyl sites for hydroxylation is 2. The molecule has 1 aromatic rings. The molecule has 158 valence electrons. The van der Waals surface area contributed by atoms with Crippen LogP contribution < -0.4 is 0 Å². The minimum absolute atomic E-state index is 0. The van der Waals surface area contributed by atoms with Gasteiger partial charge in [-0.25, -0.2) is 0 Å². The van der Waals surface area contributed by atoms with E-state index in [0.717, 1.165) is 12.5 Å². The van der Waals surface area contributed by atoms with Crippen LogP contribution in [0.1, 0.15) is 102 Å². The average Bonchev–Trinajstić information content (AvgIpc) is 2.47. The third kappa shape index (κ3) is 39.7. The average molecular weight is 361 g/mol. The quantitative estimate of drug-likeness (QED) is 0.508. The van der Waals surface area contributed by atoms with Gasteiger partial charge in [0.25, 0.3) is 0 Å². The van der Waals surface area contributed by atoms with Crippen molar-refractivity contribution >= 4 is 0 Å². The standard InChI is InChI=1S/C11H16.C5H12.C3H8O.5CH4/c1-3-4-5-11-8-6-10(2)7-9-11;1-4-5(2)3;1-3-4-2;;;;;/h6-9H,3-5H2,1-2H3;5H,4H2,1-3H3;3H2,1-2H3;5*1H4. The monoisotopic (exact) mass is 360 g/mol. The van der Waals surface area contributed by atoms with Crippen LogP contribution in [0.2, 0.25) is 0 Å².